The average Bonchev–Trinajstić information content (AvgIpc) is 2.88. The van der Waals surface area contributed by atoms with Crippen LogP contribution in [-0.4, -0.2) is 48.2 Å². The van der Waals surface area contributed by atoms with Gasteiger partial charge in [-0.15, -0.1) is 0 Å². The van der Waals surface area contributed by atoms with Crippen LogP contribution in [0.3, 0.4) is 0 Å². The number of rotatable bonds is 28. The SMILES string of the molecule is C=CC(=O)OCCCCCCCCCCOP(=O)(OCCCCCCCCCCOC(=O)C=C)OP(=O)(O)O. The van der Waals surface area contributed by atoms with Gasteiger partial charge in [-0.05, 0) is 25.7 Å². The molecule has 0 aliphatic rings. The van der Waals surface area contributed by atoms with Crippen molar-refractivity contribution in [3.63, 3.8) is 0 Å². The lowest BCUT2D eigenvalue weighted by atomic mass is 10.1. The molecule has 0 rings (SSSR count). The van der Waals surface area contributed by atoms with Gasteiger partial charge in [0.25, 0.3) is 0 Å². The highest BCUT2D eigenvalue weighted by Crippen LogP contribution is 2.61. The van der Waals surface area contributed by atoms with Crippen molar-refractivity contribution in [1.82, 2.24) is 0 Å². The second kappa shape index (κ2) is 24.5. The Labute approximate surface area is 233 Å². The Bertz CT molecular complexity index is 719. The highest BCUT2D eigenvalue weighted by atomic mass is 31.3. The van der Waals surface area contributed by atoms with Gasteiger partial charge in [-0.1, -0.05) is 90.2 Å². The molecule has 0 atom stereocenters. The Balaban J connectivity index is 3.86. The van der Waals surface area contributed by atoms with E-state index in [0.29, 0.717) is 26.1 Å². The van der Waals surface area contributed by atoms with Gasteiger partial charge in [-0.3, -0.25) is 9.05 Å². The van der Waals surface area contributed by atoms with Crippen LogP contribution in [0.25, 0.3) is 0 Å². The molecule has 228 valence electrons. The van der Waals surface area contributed by atoms with Crippen molar-refractivity contribution in [1.29, 1.82) is 0 Å². The zero-order valence-electron chi connectivity index (χ0n) is 23.2. The first-order chi connectivity index (χ1) is 18.6. The van der Waals surface area contributed by atoms with E-state index < -0.39 is 27.6 Å². The Morgan fingerprint density at radius 2 is 0.821 bits per heavy atom. The summed E-state index contributed by atoms with van der Waals surface area (Å²) in [6.07, 6.45) is 16.7. The predicted molar refractivity (Wildman–Crippen MR) is 149 cm³/mol. The number of esters is 2. The topological polar surface area (TPSA) is 155 Å². The van der Waals surface area contributed by atoms with Crippen LogP contribution >= 0.6 is 15.6 Å². The highest BCUT2D eigenvalue weighted by molar-refractivity contribution is 7.61. The summed E-state index contributed by atoms with van der Waals surface area (Å²) in [5, 5.41) is 0. The van der Waals surface area contributed by atoms with Crippen LogP contribution in [0.15, 0.2) is 25.3 Å². The Morgan fingerprint density at radius 1 is 0.538 bits per heavy atom. The average molecular weight is 599 g/mol. The normalized spacial score (nSPS) is 11.7. The van der Waals surface area contributed by atoms with Gasteiger partial charge in [-0.2, -0.15) is 4.31 Å². The fraction of sp³-hybridized carbons (Fsp3) is 0.769. The van der Waals surface area contributed by atoms with Crippen LogP contribution in [0.4, 0.5) is 0 Å². The molecule has 2 N–H and O–H groups in total. The smallest absolute Gasteiger partial charge is 0.463 e. The minimum Gasteiger partial charge on any atom is -0.463 e. The molecular formula is C26H48O11P2. The molecule has 0 aliphatic carbocycles. The van der Waals surface area contributed by atoms with Gasteiger partial charge >= 0.3 is 27.6 Å². The van der Waals surface area contributed by atoms with Gasteiger partial charge in [0, 0.05) is 12.2 Å². The number of unbranched alkanes of at least 4 members (excludes halogenated alkanes) is 14. The van der Waals surface area contributed by atoms with Crippen LogP contribution in [-0.2, 0) is 41.6 Å². The first kappa shape index (κ1) is 37.7. The maximum atomic E-state index is 12.6. The zero-order valence-corrected chi connectivity index (χ0v) is 25.0. The number of hydrogen-bond acceptors (Lipinski definition) is 9. The fourth-order valence-electron chi connectivity index (χ4n) is 3.56. The Hall–Kier alpha value is -1.32. The summed E-state index contributed by atoms with van der Waals surface area (Å²) < 4.78 is 48.4. The van der Waals surface area contributed by atoms with Crippen molar-refractivity contribution in [3.8, 4) is 0 Å². The maximum Gasteiger partial charge on any atom is 0.483 e. The minimum absolute atomic E-state index is 0.0126. The molecule has 0 aromatic heterocycles. The van der Waals surface area contributed by atoms with Crippen molar-refractivity contribution < 1.29 is 51.3 Å². The van der Waals surface area contributed by atoms with Gasteiger partial charge in [0.15, 0.2) is 0 Å². The number of phosphoric acid groups is 2. The van der Waals surface area contributed by atoms with Crippen molar-refractivity contribution >= 4 is 27.6 Å². The van der Waals surface area contributed by atoms with Gasteiger partial charge in [0.2, 0.25) is 0 Å². The quantitative estimate of drug-likeness (QED) is 0.0416. The summed E-state index contributed by atoms with van der Waals surface area (Å²) in [7, 11) is -9.41. The third-order valence-electron chi connectivity index (χ3n) is 5.60. The lowest BCUT2D eigenvalue weighted by Gasteiger charge is -2.18. The van der Waals surface area contributed by atoms with Crippen molar-refractivity contribution in [2.24, 2.45) is 0 Å². The monoisotopic (exact) mass is 598 g/mol. The van der Waals surface area contributed by atoms with Crippen LogP contribution in [0.1, 0.15) is 103 Å². The Morgan fingerprint density at radius 3 is 1.10 bits per heavy atom. The van der Waals surface area contributed by atoms with Gasteiger partial charge in [0.05, 0.1) is 26.4 Å². The molecule has 0 saturated heterocycles. The molecule has 0 aromatic rings. The summed E-state index contributed by atoms with van der Waals surface area (Å²) >= 11 is 0. The summed E-state index contributed by atoms with van der Waals surface area (Å²) in [6, 6.07) is 0. The molecule has 0 radical (unpaired) electrons. The van der Waals surface area contributed by atoms with Crippen LogP contribution in [0, 0.1) is 0 Å². The number of carbonyl (C=O) groups excluding carboxylic acids is 2. The largest absolute Gasteiger partial charge is 0.483 e. The standard InChI is InChI=1S/C26H48O11P2/c1-3-25(27)33-21-17-13-9-5-7-11-15-19-23-35-39(32,37-38(29,30)31)36-24-20-16-12-8-6-10-14-18-22-34-26(28)4-2/h3-4H,1-2,5-24H2,(H2,29,30,31). The van der Waals surface area contributed by atoms with E-state index in [4.69, 9.17) is 28.3 Å². The lowest BCUT2D eigenvalue weighted by molar-refractivity contribution is -0.138. The molecular weight excluding hydrogens is 550 g/mol. The van der Waals surface area contributed by atoms with E-state index >= 15 is 0 Å². The summed E-state index contributed by atoms with van der Waals surface area (Å²) in [4.78, 5) is 40.0. The number of phosphoric ester groups is 1. The van der Waals surface area contributed by atoms with Crippen molar-refractivity contribution in [2.75, 3.05) is 26.4 Å². The highest BCUT2D eigenvalue weighted by Gasteiger charge is 2.35. The summed E-state index contributed by atoms with van der Waals surface area (Å²) in [5.74, 6) is -0.806. The van der Waals surface area contributed by atoms with E-state index in [1.165, 1.54) is 0 Å². The molecule has 0 heterocycles. The lowest BCUT2D eigenvalue weighted by Crippen LogP contribution is -2.02. The molecule has 0 saturated carbocycles. The molecule has 0 bridgehead atoms. The van der Waals surface area contributed by atoms with Crippen molar-refractivity contribution in [2.45, 2.75) is 103 Å². The predicted octanol–water partition coefficient (Wildman–Crippen LogP) is 6.94. The number of ether oxygens (including phenoxy) is 2. The van der Waals surface area contributed by atoms with Crippen molar-refractivity contribution in [3.05, 3.63) is 25.3 Å². The van der Waals surface area contributed by atoms with Crippen LogP contribution in [0.5, 0.6) is 0 Å². The summed E-state index contributed by atoms with van der Waals surface area (Å²) in [5.41, 5.74) is 0. The number of hydrogen-bond donors (Lipinski definition) is 2. The van der Waals surface area contributed by atoms with E-state index in [1.54, 1.807) is 0 Å². The molecule has 0 aromatic carbocycles. The third-order valence-corrected chi connectivity index (χ3v) is 8.25. The van der Waals surface area contributed by atoms with Gasteiger partial charge in [0.1, 0.15) is 0 Å². The van der Waals surface area contributed by atoms with E-state index in [9.17, 15) is 18.7 Å². The third kappa shape index (κ3) is 26.7. The maximum absolute atomic E-state index is 12.6. The fourth-order valence-corrected chi connectivity index (χ4v) is 5.76. The molecule has 13 heteroatoms. The minimum atomic E-state index is -5.04. The second-order valence-electron chi connectivity index (χ2n) is 9.09. The molecule has 0 spiro atoms. The van der Waals surface area contributed by atoms with Crippen LogP contribution < -0.4 is 0 Å². The summed E-state index contributed by atoms with van der Waals surface area (Å²) in [6.45, 7) is 7.52. The van der Waals surface area contributed by atoms with E-state index in [-0.39, 0.29) is 13.2 Å². The van der Waals surface area contributed by atoms with E-state index in [1.807, 2.05) is 0 Å². The van der Waals surface area contributed by atoms with Gasteiger partial charge in [-0.25, -0.2) is 18.7 Å². The first-order valence-corrected chi connectivity index (χ1v) is 16.9. The molecule has 39 heavy (non-hydrogen) atoms. The molecule has 0 amide bonds. The zero-order chi connectivity index (χ0) is 29.2. The molecule has 0 unspecified atom stereocenters. The molecule has 0 fully saturated rings. The number of carbonyl (C=O) groups is 2. The van der Waals surface area contributed by atoms with E-state index in [0.717, 1.165) is 102 Å². The second-order valence-corrected chi connectivity index (χ2v) is 12.1. The molecule has 0 aliphatic heterocycles. The Kier molecular flexibility index (Phi) is 23.6. The van der Waals surface area contributed by atoms with Gasteiger partial charge < -0.3 is 19.3 Å². The molecule has 11 nitrogen and oxygen atoms in total. The first-order valence-electron chi connectivity index (χ1n) is 13.9. The van der Waals surface area contributed by atoms with E-state index in [2.05, 4.69) is 17.5 Å². The van der Waals surface area contributed by atoms with Crippen LogP contribution in [0.2, 0.25) is 0 Å².